The molecule has 0 radical (unpaired) electrons. The van der Waals surface area contributed by atoms with Gasteiger partial charge in [0, 0.05) is 18.7 Å². The summed E-state index contributed by atoms with van der Waals surface area (Å²) < 4.78 is 25.9. The lowest BCUT2D eigenvalue weighted by atomic mass is 10.2. The van der Waals surface area contributed by atoms with E-state index in [-0.39, 0.29) is 10.8 Å². The summed E-state index contributed by atoms with van der Waals surface area (Å²) in [6.45, 7) is 2.24. The van der Waals surface area contributed by atoms with Gasteiger partial charge in [-0.1, -0.05) is 36.4 Å². The van der Waals surface area contributed by atoms with E-state index < -0.39 is 10.0 Å². The van der Waals surface area contributed by atoms with Crippen LogP contribution in [0.4, 0.5) is 0 Å². The Hall–Kier alpha value is -2.22. The molecule has 2 aromatic rings. The number of hydrogen-bond acceptors (Lipinski definition) is 4. The van der Waals surface area contributed by atoms with Crippen LogP contribution < -0.4 is 10.0 Å². The molecule has 0 aliphatic rings. The monoisotopic (exact) mass is 375 g/mol. The molecule has 26 heavy (non-hydrogen) atoms. The third-order valence-corrected chi connectivity index (χ3v) is 5.38. The summed E-state index contributed by atoms with van der Waals surface area (Å²) in [7, 11) is -0.173. The van der Waals surface area contributed by atoms with E-state index in [4.69, 9.17) is 0 Å². The highest BCUT2D eigenvalue weighted by molar-refractivity contribution is 7.89. The number of sulfonamides is 1. The van der Waals surface area contributed by atoms with Crippen LogP contribution in [-0.2, 0) is 16.6 Å². The minimum Gasteiger partial charge on any atom is -0.352 e. The lowest BCUT2D eigenvalue weighted by Gasteiger charge is -2.16. The number of nitrogens with one attached hydrogen (secondary N) is 2. The molecule has 0 aromatic heterocycles. The summed E-state index contributed by atoms with van der Waals surface area (Å²) in [6, 6.07) is 16.2. The molecule has 0 aliphatic carbocycles. The molecule has 0 aliphatic heterocycles. The Labute approximate surface area is 155 Å². The van der Waals surface area contributed by atoms with Crippen molar-refractivity contribution >= 4 is 15.9 Å². The molecule has 6 nitrogen and oxygen atoms in total. The average Bonchev–Trinajstić information content (AvgIpc) is 2.66. The van der Waals surface area contributed by atoms with Gasteiger partial charge in [0.25, 0.3) is 5.91 Å². The normalized spacial score (nSPS) is 11.5. The molecule has 2 N–H and O–H groups in total. The minimum atomic E-state index is -3.56. The van der Waals surface area contributed by atoms with E-state index in [1.54, 1.807) is 12.1 Å². The van der Waals surface area contributed by atoms with Crippen molar-refractivity contribution in [3.05, 3.63) is 65.7 Å². The topological polar surface area (TPSA) is 78.5 Å². The molecule has 2 rings (SSSR count). The second kappa shape index (κ2) is 9.47. The summed E-state index contributed by atoms with van der Waals surface area (Å²) in [5.74, 6) is -0.274. The van der Waals surface area contributed by atoms with Gasteiger partial charge in [-0.25, -0.2) is 13.1 Å². The van der Waals surface area contributed by atoms with E-state index in [2.05, 4.69) is 27.1 Å². The van der Waals surface area contributed by atoms with Crippen LogP contribution in [0, 0.1) is 0 Å². The van der Waals surface area contributed by atoms with Crippen LogP contribution in [0.3, 0.4) is 0 Å². The van der Waals surface area contributed by atoms with E-state index in [0.29, 0.717) is 12.1 Å². The molecule has 1 amide bonds. The molecule has 7 heteroatoms. The zero-order chi connectivity index (χ0) is 19.0. The first-order valence-electron chi connectivity index (χ1n) is 8.46. The van der Waals surface area contributed by atoms with E-state index >= 15 is 0 Å². The number of carbonyl (C=O) groups excluding carboxylic acids is 1. The highest BCUT2D eigenvalue weighted by atomic mass is 32.2. The van der Waals surface area contributed by atoms with Gasteiger partial charge >= 0.3 is 0 Å². The smallest absolute Gasteiger partial charge is 0.251 e. The number of amides is 1. The van der Waals surface area contributed by atoms with Crippen LogP contribution in [-0.4, -0.2) is 46.4 Å². The van der Waals surface area contributed by atoms with Crippen LogP contribution in [0.15, 0.2) is 59.5 Å². The maximum atomic E-state index is 12.2. The summed E-state index contributed by atoms with van der Waals surface area (Å²) in [4.78, 5) is 14.5. The van der Waals surface area contributed by atoms with Crippen LogP contribution in [0.1, 0.15) is 22.3 Å². The molecular weight excluding hydrogens is 350 g/mol. The van der Waals surface area contributed by atoms with Crippen molar-refractivity contribution in [2.45, 2.75) is 17.9 Å². The second-order valence-corrected chi connectivity index (χ2v) is 7.95. The molecule has 0 saturated heterocycles. The van der Waals surface area contributed by atoms with Crippen molar-refractivity contribution in [3.8, 4) is 0 Å². The Kier molecular flexibility index (Phi) is 7.32. The first kappa shape index (κ1) is 20.1. The molecule has 0 spiro atoms. The number of nitrogens with zero attached hydrogens (tertiary/aromatic N) is 1. The maximum absolute atomic E-state index is 12.2. The zero-order valence-corrected chi connectivity index (χ0v) is 15.9. The lowest BCUT2D eigenvalue weighted by molar-refractivity contribution is 0.0951. The molecule has 0 atom stereocenters. The fourth-order valence-corrected chi connectivity index (χ4v) is 3.32. The zero-order valence-electron chi connectivity index (χ0n) is 15.1. The average molecular weight is 375 g/mol. The van der Waals surface area contributed by atoms with Crippen molar-refractivity contribution in [1.82, 2.24) is 14.9 Å². The van der Waals surface area contributed by atoms with Gasteiger partial charge in [-0.15, -0.1) is 0 Å². The Morgan fingerprint density at radius 1 is 1.08 bits per heavy atom. The van der Waals surface area contributed by atoms with E-state index in [1.807, 2.05) is 25.2 Å². The van der Waals surface area contributed by atoms with Crippen molar-refractivity contribution in [1.29, 1.82) is 0 Å². The maximum Gasteiger partial charge on any atom is 0.251 e. The van der Waals surface area contributed by atoms with Gasteiger partial charge in [0.15, 0.2) is 0 Å². The Bertz CT molecular complexity index is 823. The van der Waals surface area contributed by atoms with Crippen LogP contribution in [0.5, 0.6) is 0 Å². The molecule has 0 fully saturated rings. The third kappa shape index (κ3) is 5.94. The van der Waals surface area contributed by atoms with Gasteiger partial charge < -0.3 is 10.2 Å². The first-order valence-corrected chi connectivity index (χ1v) is 9.95. The van der Waals surface area contributed by atoms with Gasteiger partial charge in [0.2, 0.25) is 10.0 Å². The fraction of sp³-hybridized carbons (Fsp3) is 0.316. The first-order chi connectivity index (χ1) is 12.4. The molecule has 2 aromatic carbocycles. The van der Waals surface area contributed by atoms with Crippen molar-refractivity contribution in [3.63, 3.8) is 0 Å². The van der Waals surface area contributed by atoms with Crippen molar-refractivity contribution < 1.29 is 13.2 Å². The van der Waals surface area contributed by atoms with Gasteiger partial charge in [-0.3, -0.25) is 4.79 Å². The Balaban J connectivity index is 1.79. The van der Waals surface area contributed by atoms with E-state index in [0.717, 1.165) is 19.5 Å². The highest BCUT2D eigenvalue weighted by Gasteiger charge is 2.14. The van der Waals surface area contributed by atoms with Gasteiger partial charge in [0.05, 0.1) is 4.90 Å². The van der Waals surface area contributed by atoms with E-state index in [9.17, 15) is 13.2 Å². The highest BCUT2D eigenvalue weighted by Crippen LogP contribution is 2.11. The van der Waals surface area contributed by atoms with Gasteiger partial charge in [-0.2, -0.15) is 0 Å². The molecule has 0 bridgehead atoms. The number of carbonyl (C=O) groups is 1. The largest absolute Gasteiger partial charge is 0.352 e. The Morgan fingerprint density at radius 3 is 2.50 bits per heavy atom. The number of benzene rings is 2. The van der Waals surface area contributed by atoms with Crippen molar-refractivity contribution in [2.24, 2.45) is 0 Å². The van der Waals surface area contributed by atoms with Crippen LogP contribution >= 0.6 is 0 Å². The second-order valence-electron chi connectivity index (χ2n) is 6.07. The Morgan fingerprint density at radius 2 is 1.81 bits per heavy atom. The van der Waals surface area contributed by atoms with Gasteiger partial charge in [-0.05, 0) is 50.8 Å². The SMILES string of the molecule is CNS(=O)(=O)c1cccc(C(=O)NCCCN(C)Cc2ccccc2)c1. The summed E-state index contributed by atoms with van der Waals surface area (Å²) >= 11 is 0. The summed E-state index contributed by atoms with van der Waals surface area (Å²) in [6.07, 6.45) is 0.809. The third-order valence-electron chi connectivity index (χ3n) is 3.97. The predicted octanol–water partition coefficient (Wildman–Crippen LogP) is 1.85. The molecule has 0 saturated carbocycles. The summed E-state index contributed by atoms with van der Waals surface area (Å²) in [5.41, 5.74) is 1.58. The van der Waals surface area contributed by atoms with Crippen LogP contribution in [0.25, 0.3) is 0 Å². The molecule has 140 valence electrons. The predicted molar refractivity (Wildman–Crippen MR) is 102 cm³/mol. The summed E-state index contributed by atoms with van der Waals surface area (Å²) in [5, 5.41) is 2.83. The van der Waals surface area contributed by atoms with E-state index in [1.165, 1.54) is 24.7 Å². The fourth-order valence-electron chi connectivity index (χ4n) is 2.55. The minimum absolute atomic E-state index is 0.0789. The molecule has 0 heterocycles. The quantitative estimate of drug-likeness (QED) is 0.656. The van der Waals surface area contributed by atoms with Gasteiger partial charge in [0.1, 0.15) is 0 Å². The van der Waals surface area contributed by atoms with Crippen LogP contribution in [0.2, 0.25) is 0 Å². The van der Waals surface area contributed by atoms with Crippen molar-refractivity contribution in [2.75, 3.05) is 27.2 Å². The standard InChI is InChI=1S/C19H25N3O3S/c1-20-26(24,25)18-11-6-10-17(14-18)19(23)21-12-7-13-22(2)15-16-8-4-3-5-9-16/h3-6,8-11,14,20H,7,12-13,15H2,1-2H3,(H,21,23). The molecular formula is C19H25N3O3S. The number of rotatable bonds is 9. The molecule has 0 unspecified atom stereocenters. The number of hydrogen-bond donors (Lipinski definition) is 2. The lowest BCUT2D eigenvalue weighted by Crippen LogP contribution is -2.28.